The van der Waals surface area contributed by atoms with E-state index in [1.165, 1.54) is 13.2 Å². The SMILES string of the molecule is CCOC(=O)c1c(S)n(C2CC2)c2c(OC)c(F)ccc2c1=O. The summed E-state index contributed by atoms with van der Waals surface area (Å²) >= 11 is 4.37. The van der Waals surface area contributed by atoms with Crippen LogP contribution in [0.5, 0.6) is 5.75 Å². The van der Waals surface area contributed by atoms with Gasteiger partial charge in [-0.2, -0.15) is 0 Å². The van der Waals surface area contributed by atoms with Gasteiger partial charge in [-0.05, 0) is 31.9 Å². The molecule has 2 aromatic rings. The summed E-state index contributed by atoms with van der Waals surface area (Å²) in [6, 6.07) is 2.59. The number of hydrogen-bond donors (Lipinski definition) is 1. The maximum absolute atomic E-state index is 14.1. The van der Waals surface area contributed by atoms with Gasteiger partial charge in [0.2, 0.25) is 5.43 Å². The minimum Gasteiger partial charge on any atom is -0.492 e. The van der Waals surface area contributed by atoms with Crippen LogP contribution < -0.4 is 10.2 Å². The van der Waals surface area contributed by atoms with Crippen molar-refractivity contribution in [3.8, 4) is 5.75 Å². The summed E-state index contributed by atoms with van der Waals surface area (Å²) in [7, 11) is 1.34. The van der Waals surface area contributed by atoms with E-state index in [0.29, 0.717) is 5.52 Å². The molecule has 0 bridgehead atoms. The summed E-state index contributed by atoms with van der Waals surface area (Å²) in [6.07, 6.45) is 1.74. The van der Waals surface area contributed by atoms with Crippen molar-refractivity contribution in [1.29, 1.82) is 0 Å². The van der Waals surface area contributed by atoms with Crippen molar-refractivity contribution in [2.45, 2.75) is 30.8 Å². The van der Waals surface area contributed by atoms with Gasteiger partial charge in [0.05, 0.1) is 29.6 Å². The second-order valence-electron chi connectivity index (χ2n) is 5.33. The Kier molecular flexibility index (Phi) is 4.06. The zero-order chi connectivity index (χ0) is 16.7. The number of carbonyl (C=O) groups excluding carboxylic acids is 1. The molecule has 1 fully saturated rings. The Labute approximate surface area is 137 Å². The van der Waals surface area contributed by atoms with Crippen LogP contribution in [-0.2, 0) is 4.74 Å². The van der Waals surface area contributed by atoms with Crippen molar-refractivity contribution < 1.29 is 18.7 Å². The highest BCUT2D eigenvalue weighted by Gasteiger charge is 2.32. The molecule has 7 heteroatoms. The molecule has 0 radical (unpaired) electrons. The molecule has 0 unspecified atom stereocenters. The molecule has 122 valence electrons. The number of pyridine rings is 1. The first-order valence-electron chi connectivity index (χ1n) is 7.32. The number of halogens is 1. The molecule has 0 spiro atoms. The lowest BCUT2D eigenvalue weighted by molar-refractivity contribution is 0.0519. The highest BCUT2D eigenvalue weighted by Crippen LogP contribution is 2.42. The summed E-state index contributed by atoms with van der Waals surface area (Å²) in [5.74, 6) is -1.30. The fraction of sp³-hybridized carbons (Fsp3) is 0.375. The molecule has 23 heavy (non-hydrogen) atoms. The van der Waals surface area contributed by atoms with E-state index in [1.54, 1.807) is 11.5 Å². The van der Waals surface area contributed by atoms with Crippen molar-refractivity contribution in [2.24, 2.45) is 0 Å². The molecule has 0 atom stereocenters. The first kappa shape index (κ1) is 15.9. The third-order valence-electron chi connectivity index (χ3n) is 3.84. The fourth-order valence-corrected chi connectivity index (χ4v) is 3.16. The number of carbonyl (C=O) groups is 1. The van der Waals surface area contributed by atoms with Gasteiger partial charge >= 0.3 is 5.97 Å². The third kappa shape index (κ3) is 2.49. The van der Waals surface area contributed by atoms with Crippen LogP contribution >= 0.6 is 12.6 Å². The van der Waals surface area contributed by atoms with Crippen LogP contribution in [0.4, 0.5) is 4.39 Å². The topological polar surface area (TPSA) is 57.5 Å². The molecule has 0 N–H and O–H groups in total. The van der Waals surface area contributed by atoms with Crippen molar-refractivity contribution in [3.63, 3.8) is 0 Å². The Bertz CT molecular complexity index is 858. The number of thiol groups is 1. The largest absolute Gasteiger partial charge is 0.492 e. The van der Waals surface area contributed by atoms with E-state index in [9.17, 15) is 14.0 Å². The van der Waals surface area contributed by atoms with Crippen LogP contribution in [0.25, 0.3) is 10.9 Å². The van der Waals surface area contributed by atoms with Gasteiger partial charge in [-0.15, -0.1) is 12.6 Å². The Morgan fingerprint density at radius 3 is 2.70 bits per heavy atom. The molecule has 5 nitrogen and oxygen atoms in total. The molecule has 0 saturated heterocycles. The van der Waals surface area contributed by atoms with Gasteiger partial charge in [0.15, 0.2) is 11.6 Å². The second kappa shape index (κ2) is 5.88. The van der Waals surface area contributed by atoms with Crippen LogP contribution in [0.1, 0.15) is 36.2 Å². The normalized spacial score (nSPS) is 14.1. The number of rotatable bonds is 4. The van der Waals surface area contributed by atoms with Crippen LogP contribution in [-0.4, -0.2) is 24.3 Å². The van der Waals surface area contributed by atoms with E-state index in [1.807, 2.05) is 0 Å². The van der Waals surface area contributed by atoms with Crippen molar-refractivity contribution in [1.82, 2.24) is 4.57 Å². The predicted molar refractivity (Wildman–Crippen MR) is 86.2 cm³/mol. The number of aromatic nitrogens is 1. The lowest BCUT2D eigenvalue weighted by Crippen LogP contribution is -2.23. The van der Waals surface area contributed by atoms with Gasteiger partial charge in [-0.25, -0.2) is 9.18 Å². The average Bonchev–Trinajstić information content (AvgIpc) is 3.32. The molecule has 1 aliphatic carbocycles. The molecule has 1 aliphatic rings. The first-order chi connectivity index (χ1) is 11.0. The fourth-order valence-electron chi connectivity index (χ4n) is 2.70. The molecular weight excluding hydrogens is 321 g/mol. The van der Waals surface area contributed by atoms with E-state index >= 15 is 0 Å². The van der Waals surface area contributed by atoms with Crippen molar-refractivity contribution in [3.05, 3.63) is 33.7 Å². The van der Waals surface area contributed by atoms with Crippen LogP contribution in [0.15, 0.2) is 22.0 Å². The average molecular weight is 337 g/mol. The van der Waals surface area contributed by atoms with Crippen molar-refractivity contribution in [2.75, 3.05) is 13.7 Å². The number of methoxy groups -OCH3 is 1. The zero-order valence-electron chi connectivity index (χ0n) is 12.8. The van der Waals surface area contributed by atoms with E-state index in [-0.39, 0.29) is 34.4 Å². The Morgan fingerprint density at radius 1 is 1.43 bits per heavy atom. The van der Waals surface area contributed by atoms with E-state index in [2.05, 4.69) is 12.6 Å². The highest BCUT2D eigenvalue weighted by molar-refractivity contribution is 7.80. The zero-order valence-corrected chi connectivity index (χ0v) is 13.7. The quantitative estimate of drug-likeness (QED) is 0.688. The van der Waals surface area contributed by atoms with Gasteiger partial charge < -0.3 is 14.0 Å². The minimum atomic E-state index is -0.720. The lowest BCUT2D eigenvalue weighted by atomic mass is 10.1. The van der Waals surface area contributed by atoms with Crippen LogP contribution in [0, 0.1) is 5.82 Å². The molecule has 1 aromatic heterocycles. The minimum absolute atomic E-state index is 0.0165. The predicted octanol–water partition coefficient (Wildman–Crippen LogP) is 2.95. The van der Waals surface area contributed by atoms with Gasteiger partial charge in [0, 0.05) is 6.04 Å². The first-order valence-corrected chi connectivity index (χ1v) is 7.76. The molecule has 1 saturated carbocycles. The molecule has 1 heterocycles. The molecule has 0 aliphatic heterocycles. The summed E-state index contributed by atoms with van der Waals surface area (Å²) in [5, 5.41) is 0.406. The third-order valence-corrected chi connectivity index (χ3v) is 4.28. The van der Waals surface area contributed by atoms with Crippen molar-refractivity contribution >= 4 is 29.5 Å². The monoisotopic (exact) mass is 337 g/mol. The van der Waals surface area contributed by atoms with Gasteiger partial charge in [-0.1, -0.05) is 0 Å². The Hall–Kier alpha value is -2.02. The number of benzene rings is 1. The summed E-state index contributed by atoms with van der Waals surface area (Å²) in [6.45, 7) is 1.81. The van der Waals surface area contributed by atoms with Gasteiger partial charge in [-0.3, -0.25) is 4.79 Å². The maximum atomic E-state index is 14.1. The highest BCUT2D eigenvalue weighted by atomic mass is 32.1. The lowest BCUT2D eigenvalue weighted by Gasteiger charge is -2.18. The maximum Gasteiger partial charge on any atom is 0.344 e. The number of hydrogen-bond acceptors (Lipinski definition) is 5. The van der Waals surface area contributed by atoms with E-state index in [0.717, 1.165) is 18.9 Å². The summed E-state index contributed by atoms with van der Waals surface area (Å²) in [5.41, 5.74) is -0.319. The molecule has 3 rings (SSSR count). The van der Waals surface area contributed by atoms with Crippen LogP contribution in [0.3, 0.4) is 0 Å². The number of esters is 1. The number of nitrogens with zero attached hydrogens (tertiary/aromatic N) is 1. The number of ether oxygens (including phenoxy) is 2. The molecular formula is C16H16FNO4S. The summed E-state index contributed by atoms with van der Waals surface area (Å²) < 4.78 is 25.9. The summed E-state index contributed by atoms with van der Waals surface area (Å²) in [4.78, 5) is 24.9. The standard InChI is InChI=1S/C16H16FNO4S/c1-3-22-16(20)11-13(19)9-6-7-10(17)14(21-2)12(9)18(15(11)23)8-4-5-8/h6-8,23H,3-5H2,1-2H3. The van der Waals surface area contributed by atoms with Crippen LogP contribution in [0.2, 0.25) is 0 Å². The Balaban J connectivity index is 2.44. The molecule has 0 amide bonds. The van der Waals surface area contributed by atoms with E-state index < -0.39 is 17.2 Å². The Morgan fingerprint density at radius 2 is 2.13 bits per heavy atom. The molecule has 1 aromatic carbocycles. The van der Waals surface area contributed by atoms with Gasteiger partial charge in [0.1, 0.15) is 5.56 Å². The van der Waals surface area contributed by atoms with Gasteiger partial charge in [0.25, 0.3) is 0 Å². The second-order valence-corrected chi connectivity index (χ2v) is 5.75. The van der Waals surface area contributed by atoms with E-state index in [4.69, 9.17) is 9.47 Å². The smallest absolute Gasteiger partial charge is 0.344 e. The number of fused-ring (bicyclic) bond motifs is 1.